The van der Waals surface area contributed by atoms with Crippen molar-refractivity contribution in [1.82, 2.24) is 10.2 Å². The Bertz CT molecular complexity index is 347. The van der Waals surface area contributed by atoms with Gasteiger partial charge in [0.15, 0.2) is 0 Å². The first-order valence-corrected chi connectivity index (χ1v) is 8.50. The van der Waals surface area contributed by atoms with Crippen molar-refractivity contribution in [3.63, 3.8) is 0 Å². The van der Waals surface area contributed by atoms with E-state index >= 15 is 0 Å². The lowest BCUT2D eigenvalue weighted by Crippen LogP contribution is -2.52. The van der Waals surface area contributed by atoms with E-state index in [1.54, 1.807) is 0 Å². The van der Waals surface area contributed by atoms with Crippen LogP contribution in [-0.4, -0.2) is 36.1 Å². The maximum Gasteiger partial charge on any atom is 0.108 e. The second-order valence-electron chi connectivity index (χ2n) is 7.16. The summed E-state index contributed by atoms with van der Waals surface area (Å²) in [6, 6.07) is 3.22. The van der Waals surface area contributed by atoms with Crippen molar-refractivity contribution < 1.29 is 0 Å². The molecule has 0 spiro atoms. The Morgan fingerprint density at radius 2 is 2.20 bits per heavy atom. The van der Waals surface area contributed by atoms with Crippen LogP contribution in [0.15, 0.2) is 0 Å². The molecule has 1 aliphatic heterocycles. The number of nitrogens with zero attached hydrogens (tertiary/aromatic N) is 2. The van der Waals surface area contributed by atoms with E-state index in [4.69, 9.17) is 0 Å². The molecular weight excluding hydrogens is 246 g/mol. The number of hydrogen-bond acceptors (Lipinski definition) is 3. The summed E-state index contributed by atoms with van der Waals surface area (Å²) in [5, 5.41) is 13.2. The van der Waals surface area contributed by atoms with Gasteiger partial charge in [-0.1, -0.05) is 20.8 Å². The van der Waals surface area contributed by atoms with Gasteiger partial charge in [0.1, 0.15) is 5.54 Å². The van der Waals surface area contributed by atoms with Crippen LogP contribution in [0.25, 0.3) is 0 Å². The summed E-state index contributed by atoms with van der Waals surface area (Å²) < 4.78 is 0. The zero-order valence-electron chi connectivity index (χ0n) is 13.5. The van der Waals surface area contributed by atoms with Crippen LogP contribution in [0.5, 0.6) is 0 Å². The second kappa shape index (κ2) is 6.91. The van der Waals surface area contributed by atoms with Crippen LogP contribution in [0.1, 0.15) is 59.3 Å². The predicted molar refractivity (Wildman–Crippen MR) is 83.4 cm³/mol. The Morgan fingerprint density at radius 1 is 1.40 bits per heavy atom. The average molecular weight is 277 g/mol. The lowest BCUT2D eigenvalue weighted by Gasteiger charge is -2.40. The minimum atomic E-state index is -0.255. The third-order valence-electron chi connectivity index (χ3n) is 5.37. The molecule has 3 heteroatoms. The molecule has 2 rings (SSSR count). The Hall–Kier alpha value is -0.590. The Kier molecular flexibility index (Phi) is 5.46. The van der Waals surface area contributed by atoms with Gasteiger partial charge in [-0.05, 0) is 63.5 Å². The Labute approximate surface area is 124 Å². The van der Waals surface area contributed by atoms with E-state index in [9.17, 15) is 5.26 Å². The van der Waals surface area contributed by atoms with Gasteiger partial charge in [0.2, 0.25) is 0 Å². The third-order valence-corrected chi connectivity index (χ3v) is 5.37. The molecule has 1 saturated carbocycles. The van der Waals surface area contributed by atoms with E-state index in [0.717, 1.165) is 37.6 Å². The monoisotopic (exact) mass is 277 g/mol. The molecule has 1 heterocycles. The van der Waals surface area contributed by atoms with Crippen LogP contribution in [0.3, 0.4) is 0 Å². The minimum Gasteiger partial charge on any atom is -0.300 e. The first-order valence-electron chi connectivity index (χ1n) is 8.50. The van der Waals surface area contributed by atoms with Crippen molar-refractivity contribution in [2.24, 2.45) is 11.8 Å². The summed E-state index contributed by atoms with van der Waals surface area (Å²) in [4.78, 5) is 2.67. The highest BCUT2D eigenvalue weighted by Gasteiger charge is 2.40. The second-order valence-corrected chi connectivity index (χ2v) is 7.16. The summed E-state index contributed by atoms with van der Waals surface area (Å²) in [6.45, 7) is 10.3. The molecule has 1 saturated heterocycles. The summed E-state index contributed by atoms with van der Waals surface area (Å²) >= 11 is 0. The van der Waals surface area contributed by atoms with Crippen molar-refractivity contribution in [1.29, 1.82) is 5.26 Å². The fourth-order valence-corrected chi connectivity index (χ4v) is 3.91. The minimum absolute atomic E-state index is 0.255. The number of hydrogen-bond donors (Lipinski definition) is 1. The smallest absolute Gasteiger partial charge is 0.108 e. The molecule has 3 atom stereocenters. The number of nitriles is 1. The van der Waals surface area contributed by atoms with Crippen molar-refractivity contribution in [2.45, 2.75) is 70.9 Å². The fourth-order valence-electron chi connectivity index (χ4n) is 3.91. The zero-order chi connectivity index (χ0) is 14.6. The SMILES string of the molecule is CCCNC1(C#N)CCCC(N2CCC(C(C)C)C2)C1. The van der Waals surface area contributed by atoms with Crippen molar-refractivity contribution in [3.8, 4) is 6.07 Å². The normalized spacial score (nSPS) is 35.4. The molecule has 0 aromatic heterocycles. The summed E-state index contributed by atoms with van der Waals surface area (Å²) in [5.41, 5.74) is -0.255. The summed E-state index contributed by atoms with van der Waals surface area (Å²) in [5.74, 6) is 1.65. The maximum atomic E-state index is 9.64. The van der Waals surface area contributed by atoms with Gasteiger partial charge in [-0.15, -0.1) is 0 Å². The molecule has 114 valence electrons. The molecule has 1 N–H and O–H groups in total. The molecular formula is C17H31N3. The van der Waals surface area contributed by atoms with E-state index in [1.807, 2.05) is 0 Å². The van der Waals surface area contributed by atoms with E-state index in [0.29, 0.717) is 6.04 Å². The molecule has 0 amide bonds. The van der Waals surface area contributed by atoms with Gasteiger partial charge in [-0.25, -0.2) is 0 Å². The Balaban J connectivity index is 1.95. The standard InChI is InChI=1S/C17H31N3/c1-4-9-19-17(13-18)8-5-6-16(11-17)20-10-7-15(12-20)14(2)3/h14-16,19H,4-12H2,1-3H3. The van der Waals surface area contributed by atoms with Crippen LogP contribution in [0.4, 0.5) is 0 Å². The lowest BCUT2D eigenvalue weighted by atomic mass is 9.79. The highest BCUT2D eigenvalue weighted by molar-refractivity contribution is 5.11. The first-order chi connectivity index (χ1) is 9.60. The maximum absolute atomic E-state index is 9.64. The third kappa shape index (κ3) is 3.54. The first kappa shape index (κ1) is 15.8. The predicted octanol–water partition coefficient (Wildman–Crippen LogP) is 3.17. The van der Waals surface area contributed by atoms with E-state index < -0.39 is 0 Å². The van der Waals surface area contributed by atoms with Gasteiger partial charge in [0.05, 0.1) is 6.07 Å². The summed E-state index contributed by atoms with van der Waals surface area (Å²) in [7, 11) is 0. The van der Waals surface area contributed by atoms with E-state index in [1.165, 1.54) is 32.4 Å². The zero-order valence-corrected chi connectivity index (χ0v) is 13.5. The van der Waals surface area contributed by atoms with Gasteiger partial charge < -0.3 is 0 Å². The van der Waals surface area contributed by atoms with E-state index in [2.05, 4.69) is 37.1 Å². The van der Waals surface area contributed by atoms with Crippen LogP contribution in [0.2, 0.25) is 0 Å². The number of rotatable bonds is 5. The number of likely N-dealkylation sites (tertiary alicyclic amines) is 1. The van der Waals surface area contributed by atoms with Gasteiger partial charge in [0, 0.05) is 12.6 Å². The van der Waals surface area contributed by atoms with Crippen molar-refractivity contribution >= 4 is 0 Å². The highest BCUT2D eigenvalue weighted by atomic mass is 15.2. The highest BCUT2D eigenvalue weighted by Crippen LogP contribution is 2.34. The topological polar surface area (TPSA) is 39.1 Å². The lowest BCUT2D eigenvalue weighted by molar-refractivity contribution is 0.137. The van der Waals surface area contributed by atoms with Gasteiger partial charge >= 0.3 is 0 Å². The van der Waals surface area contributed by atoms with Gasteiger partial charge in [0.25, 0.3) is 0 Å². The fraction of sp³-hybridized carbons (Fsp3) is 0.941. The molecule has 0 aromatic rings. The quantitative estimate of drug-likeness (QED) is 0.839. The van der Waals surface area contributed by atoms with Crippen molar-refractivity contribution in [3.05, 3.63) is 0 Å². The van der Waals surface area contributed by atoms with Crippen LogP contribution < -0.4 is 5.32 Å². The molecule has 1 aliphatic carbocycles. The van der Waals surface area contributed by atoms with Crippen molar-refractivity contribution in [2.75, 3.05) is 19.6 Å². The summed E-state index contributed by atoms with van der Waals surface area (Å²) in [6.07, 6.45) is 6.97. The van der Waals surface area contributed by atoms with Crippen LogP contribution in [0, 0.1) is 23.2 Å². The van der Waals surface area contributed by atoms with E-state index in [-0.39, 0.29) is 5.54 Å². The van der Waals surface area contributed by atoms with Gasteiger partial charge in [-0.3, -0.25) is 10.2 Å². The molecule has 3 unspecified atom stereocenters. The average Bonchev–Trinajstić information content (AvgIpc) is 2.95. The molecule has 20 heavy (non-hydrogen) atoms. The van der Waals surface area contributed by atoms with Gasteiger partial charge in [-0.2, -0.15) is 5.26 Å². The molecule has 2 fully saturated rings. The number of nitrogens with one attached hydrogen (secondary N) is 1. The van der Waals surface area contributed by atoms with Crippen LogP contribution in [-0.2, 0) is 0 Å². The molecule has 2 aliphatic rings. The molecule has 0 aromatic carbocycles. The molecule has 0 radical (unpaired) electrons. The largest absolute Gasteiger partial charge is 0.300 e. The Morgan fingerprint density at radius 3 is 2.80 bits per heavy atom. The van der Waals surface area contributed by atoms with Crippen LogP contribution >= 0.6 is 0 Å². The molecule has 0 bridgehead atoms. The molecule has 3 nitrogen and oxygen atoms in total.